The highest BCUT2D eigenvalue weighted by molar-refractivity contribution is 5.77. The molecular weight excluding hydrogens is 332 g/mol. The van der Waals surface area contributed by atoms with Crippen LogP contribution in [-0.2, 0) is 6.61 Å². The second kappa shape index (κ2) is 6.90. The van der Waals surface area contributed by atoms with Gasteiger partial charge in [-0.05, 0) is 24.3 Å². The van der Waals surface area contributed by atoms with Crippen molar-refractivity contribution < 1.29 is 27.9 Å². The maximum Gasteiger partial charge on any atom is 0.176 e. The van der Waals surface area contributed by atoms with Crippen LogP contribution in [0.1, 0.15) is 5.56 Å². The van der Waals surface area contributed by atoms with Crippen molar-refractivity contribution in [3.05, 3.63) is 53.6 Å². The highest BCUT2D eigenvalue weighted by Gasteiger charge is 2.24. The molecule has 0 saturated heterocycles. The lowest BCUT2D eigenvalue weighted by Gasteiger charge is -2.11. The predicted molar refractivity (Wildman–Crippen MR) is 86.3 cm³/mol. The number of ether oxygens (including phenoxy) is 2. The SMILES string of the molecule is COc1cccc(-c2onc(-c3ccc(F)cc3F)c2CO)c1OC. The number of aliphatic hydroxyl groups excluding tert-OH is 1. The van der Waals surface area contributed by atoms with Crippen molar-refractivity contribution in [3.63, 3.8) is 0 Å². The number of nitrogens with zero attached hydrogens (tertiary/aromatic N) is 1. The first kappa shape index (κ1) is 16.9. The van der Waals surface area contributed by atoms with E-state index in [-0.39, 0.29) is 22.6 Å². The zero-order chi connectivity index (χ0) is 18.0. The van der Waals surface area contributed by atoms with E-state index in [1.165, 1.54) is 20.3 Å². The van der Waals surface area contributed by atoms with Crippen LogP contribution in [0.4, 0.5) is 8.78 Å². The lowest BCUT2D eigenvalue weighted by atomic mass is 10.0. The molecule has 0 fully saturated rings. The summed E-state index contributed by atoms with van der Waals surface area (Å²) < 4.78 is 43.2. The number of hydrogen-bond donors (Lipinski definition) is 1. The van der Waals surface area contributed by atoms with Gasteiger partial charge in [-0.15, -0.1) is 0 Å². The molecule has 0 saturated carbocycles. The first-order valence-corrected chi connectivity index (χ1v) is 7.36. The molecule has 0 aliphatic carbocycles. The molecule has 7 heteroatoms. The summed E-state index contributed by atoms with van der Waals surface area (Å²) in [6, 6.07) is 8.23. The molecule has 0 spiro atoms. The van der Waals surface area contributed by atoms with Crippen LogP contribution in [0.25, 0.3) is 22.6 Å². The van der Waals surface area contributed by atoms with Gasteiger partial charge in [-0.3, -0.25) is 0 Å². The summed E-state index contributed by atoms with van der Waals surface area (Å²) in [4.78, 5) is 0. The van der Waals surface area contributed by atoms with E-state index in [1.807, 2.05) is 0 Å². The van der Waals surface area contributed by atoms with Crippen molar-refractivity contribution in [2.24, 2.45) is 0 Å². The highest BCUT2D eigenvalue weighted by Crippen LogP contribution is 2.41. The Morgan fingerprint density at radius 3 is 2.52 bits per heavy atom. The van der Waals surface area contributed by atoms with Gasteiger partial charge in [0, 0.05) is 11.6 Å². The number of aliphatic hydroxyl groups is 1. The fourth-order valence-corrected chi connectivity index (χ4v) is 2.63. The lowest BCUT2D eigenvalue weighted by molar-refractivity contribution is 0.281. The Balaban J connectivity index is 2.19. The van der Waals surface area contributed by atoms with Crippen molar-refractivity contribution in [3.8, 4) is 34.1 Å². The number of halogens is 2. The van der Waals surface area contributed by atoms with Gasteiger partial charge in [-0.25, -0.2) is 8.78 Å². The summed E-state index contributed by atoms with van der Waals surface area (Å²) in [6.45, 7) is -0.453. The minimum absolute atomic E-state index is 0.0299. The Kier molecular flexibility index (Phi) is 4.67. The molecule has 1 heterocycles. The first-order chi connectivity index (χ1) is 12.1. The van der Waals surface area contributed by atoms with Gasteiger partial charge in [-0.2, -0.15) is 0 Å². The van der Waals surface area contributed by atoms with E-state index >= 15 is 0 Å². The Morgan fingerprint density at radius 2 is 1.88 bits per heavy atom. The van der Waals surface area contributed by atoms with Crippen molar-refractivity contribution in [2.45, 2.75) is 6.61 Å². The summed E-state index contributed by atoms with van der Waals surface area (Å²) in [5, 5.41) is 13.6. The molecule has 1 aromatic heterocycles. The third-order valence-corrected chi connectivity index (χ3v) is 3.78. The Morgan fingerprint density at radius 1 is 1.08 bits per heavy atom. The third kappa shape index (κ3) is 2.94. The van der Waals surface area contributed by atoms with Crippen LogP contribution in [0.15, 0.2) is 40.9 Å². The van der Waals surface area contributed by atoms with Crippen molar-refractivity contribution in [1.82, 2.24) is 5.16 Å². The van der Waals surface area contributed by atoms with Crippen LogP contribution >= 0.6 is 0 Å². The molecule has 0 atom stereocenters. The van der Waals surface area contributed by atoms with Crippen LogP contribution in [-0.4, -0.2) is 24.5 Å². The Bertz CT molecular complexity index is 908. The van der Waals surface area contributed by atoms with E-state index in [0.717, 1.165) is 12.1 Å². The second-order valence-corrected chi connectivity index (χ2v) is 5.16. The van der Waals surface area contributed by atoms with Crippen LogP contribution in [0.2, 0.25) is 0 Å². The second-order valence-electron chi connectivity index (χ2n) is 5.16. The fourth-order valence-electron chi connectivity index (χ4n) is 2.63. The molecule has 0 amide bonds. The van der Waals surface area contributed by atoms with Crippen LogP contribution in [0.5, 0.6) is 11.5 Å². The van der Waals surface area contributed by atoms with Gasteiger partial charge in [0.2, 0.25) is 0 Å². The minimum Gasteiger partial charge on any atom is -0.493 e. The Hall–Kier alpha value is -2.93. The number of para-hydroxylation sites is 1. The molecule has 5 nitrogen and oxygen atoms in total. The monoisotopic (exact) mass is 347 g/mol. The van der Waals surface area contributed by atoms with E-state index in [4.69, 9.17) is 14.0 Å². The maximum atomic E-state index is 14.1. The molecule has 1 N–H and O–H groups in total. The topological polar surface area (TPSA) is 64.7 Å². The predicted octanol–water partition coefficient (Wildman–Crippen LogP) is 3.80. The van der Waals surface area contributed by atoms with E-state index in [2.05, 4.69) is 5.16 Å². The fraction of sp³-hybridized carbons (Fsp3) is 0.167. The number of rotatable bonds is 5. The Labute approximate surface area is 142 Å². The molecule has 0 radical (unpaired) electrons. The number of benzene rings is 2. The van der Waals surface area contributed by atoms with Gasteiger partial charge in [0.25, 0.3) is 0 Å². The molecular formula is C18H15F2NO4. The van der Waals surface area contributed by atoms with Gasteiger partial charge in [0.05, 0.1) is 32.0 Å². The molecule has 25 heavy (non-hydrogen) atoms. The minimum atomic E-state index is -0.799. The molecule has 2 aromatic carbocycles. The number of methoxy groups -OCH3 is 2. The summed E-state index contributed by atoms with van der Waals surface area (Å²) in [7, 11) is 2.96. The molecule has 3 rings (SSSR count). The molecule has 3 aromatic rings. The molecule has 130 valence electrons. The normalized spacial score (nSPS) is 10.8. The van der Waals surface area contributed by atoms with Gasteiger partial charge in [0.1, 0.15) is 17.3 Å². The summed E-state index contributed by atoms with van der Waals surface area (Å²) >= 11 is 0. The standard InChI is InChI=1S/C18H15F2NO4/c1-23-15-5-3-4-12(18(15)24-2)17-13(9-22)16(21-25-17)11-7-6-10(19)8-14(11)20/h3-8,22H,9H2,1-2H3. The molecule has 0 unspecified atom stereocenters. The first-order valence-electron chi connectivity index (χ1n) is 7.36. The largest absolute Gasteiger partial charge is 0.493 e. The van der Waals surface area contributed by atoms with Crippen LogP contribution in [0.3, 0.4) is 0 Å². The van der Waals surface area contributed by atoms with E-state index in [9.17, 15) is 13.9 Å². The summed E-state index contributed by atoms with van der Waals surface area (Å²) in [6.07, 6.45) is 0. The maximum absolute atomic E-state index is 14.1. The molecule has 0 bridgehead atoms. The van der Waals surface area contributed by atoms with E-state index in [1.54, 1.807) is 18.2 Å². The lowest BCUT2D eigenvalue weighted by Crippen LogP contribution is -1.95. The van der Waals surface area contributed by atoms with E-state index < -0.39 is 18.2 Å². The summed E-state index contributed by atoms with van der Waals surface area (Å²) in [5.74, 6) is -0.425. The van der Waals surface area contributed by atoms with Gasteiger partial charge in [0.15, 0.2) is 17.3 Å². The zero-order valence-electron chi connectivity index (χ0n) is 13.5. The van der Waals surface area contributed by atoms with Crippen molar-refractivity contribution in [1.29, 1.82) is 0 Å². The van der Waals surface area contributed by atoms with Crippen molar-refractivity contribution >= 4 is 0 Å². The number of aromatic nitrogens is 1. The van der Waals surface area contributed by atoms with Crippen LogP contribution in [0, 0.1) is 11.6 Å². The number of hydrogen-bond acceptors (Lipinski definition) is 5. The van der Waals surface area contributed by atoms with Gasteiger partial charge in [-0.1, -0.05) is 11.2 Å². The summed E-state index contributed by atoms with van der Waals surface area (Å²) in [5.41, 5.74) is 0.881. The van der Waals surface area contributed by atoms with Gasteiger partial charge >= 0.3 is 0 Å². The van der Waals surface area contributed by atoms with Gasteiger partial charge < -0.3 is 19.1 Å². The quantitative estimate of drug-likeness (QED) is 0.761. The van der Waals surface area contributed by atoms with E-state index in [0.29, 0.717) is 17.1 Å². The van der Waals surface area contributed by atoms with Crippen molar-refractivity contribution in [2.75, 3.05) is 14.2 Å². The molecule has 0 aliphatic rings. The van der Waals surface area contributed by atoms with Crippen LogP contribution < -0.4 is 9.47 Å². The zero-order valence-corrected chi connectivity index (χ0v) is 13.5. The average molecular weight is 347 g/mol. The third-order valence-electron chi connectivity index (χ3n) is 3.78. The molecule has 0 aliphatic heterocycles. The smallest absolute Gasteiger partial charge is 0.176 e. The highest BCUT2D eigenvalue weighted by atomic mass is 19.1. The average Bonchev–Trinajstić information content (AvgIpc) is 3.04.